The Kier molecular flexibility index (Phi) is 10.2. The lowest BCUT2D eigenvalue weighted by Gasteiger charge is -2.34. The molecule has 2 aromatic carbocycles. The van der Waals surface area contributed by atoms with Gasteiger partial charge < -0.3 is 54.3 Å². The number of aromatic nitrogens is 3. The van der Waals surface area contributed by atoms with E-state index in [1.54, 1.807) is 59.4 Å². The Morgan fingerprint density at radius 1 is 0.744 bits per heavy atom. The molecule has 2 saturated heterocycles. The van der Waals surface area contributed by atoms with Gasteiger partial charge in [0.25, 0.3) is 0 Å². The van der Waals surface area contributed by atoms with Gasteiger partial charge in [0.2, 0.25) is 6.29 Å². The highest BCUT2D eigenvalue weighted by Gasteiger charge is 2.39. The number of nitrogens with zero attached hydrogens (tertiary/aromatic N) is 5. The third-order valence-corrected chi connectivity index (χ3v) is 6.69. The van der Waals surface area contributed by atoms with Crippen LogP contribution in [0.1, 0.15) is 5.69 Å². The summed E-state index contributed by atoms with van der Waals surface area (Å²) in [6.07, 6.45) is -8.22. The fourth-order valence-electron chi connectivity index (χ4n) is 4.19. The molecule has 0 amide bonds. The van der Waals surface area contributed by atoms with Crippen molar-refractivity contribution >= 4 is 11.4 Å². The fourth-order valence-corrected chi connectivity index (χ4v) is 4.19. The molecule has 5 rings (SSSR count). The van der Waals surface area contributed by atoms with Gasteiger partial charge in [-0.3, -0.25) is 0 Å². The third kappa shape index (κ3) is 8.08. The minimum absolute atomic E-state index is 0.132. The first-order valence-electron chi connectivity index (χ1n) is 13.5. The average molecular weight is 604 g/mol. The van der Waals surface area contributed by atoms with Gasteiger partial charge >= 0.3 is 0 Å². The van der Waals surface area contributed by atoms with E-state index in [9.17, 15) is 30.6 Å². The van der Waals surface area contributed by atoms with Crippen LogP contribution in [-0.2, 0) is 27.4 Å². The van der Waals surface area contributed by atoms with Crippen molar-refractivity contribution < 1.29 is 54.3 Å². The lowest BCUT2D eigenvalue weighted by Crippen LogP contribution is -2.54. The lowest BCUT2D eigenvalue weighted by atomic mass is 10.1. The van der Waals surface area contributed by atoms with Gasteiger partial charge in [0, 0.05) is 0 Å². The average Bonchev–Trinajstić information content (AvgIpc) is 3.48. The summed E-state index contributed by atoms with van der Waals surface area (Å²) in [5, 5.41) is 74.9. The molecule has 0 bridgehead atoms. The van der Waals surface area contributed by atoms with Gasteiger partial charge in [0.15, 0.2) is 6.29 Å². The van der Waals surface area contributed by atoms with Crippen LogP contribution in [0.2, 0.25) is 0 Å². The molecule has 2 aliphatic rings. The van der Waals surface area contributed by atoms with Crippen molar-refractivity contribution in [2.45, 2.75) is 62.4 Å². The number of aliphatic hydroxyl groups is 6. The largest absolute Gasteiger partial charge is 0.487 e. The number of hydrogen-bond acceptors (Lipinski definition) is 15. The predicted molar refractivity (Wildman–Crippen MR) is 144 cm³/mol. The normalized spacial score (nSPS) is 29.5. The maximum atomic E-state index is 10.00. The van der Waals surface area contributed by atoms with Gasteiger partial charge in [-0.05, 0) is 48.5 Å². The molecule has 0 radical (unpaired) electrons. The quantitative estimate of drug-likeness (QED) is 0.153. The Morgan fingerprint density at radius 3 is 1.93 bits per heavy atom. The molecule has 0 saturated carbocycles. The molecule has 2 aliphatic heterocycles. The molecular weight excluding hydrogens is 570 g/mol. The fraction of sp³-hybridized carbons (Fsp3) is 0.481. The molecule has 16 heteroatoms. The van der Waals surface area contributed by atoms with E-state index in [2.05, 4.69) is 20.5 Å². The first-order chi connectivity index (χ1) is 20.8. The molecule has 43 heavy (non-hydrogen) atoms. The van der Waals surface area contributed by atoms with Crippen LogP contribution in [0, 0.1) is 0 Å². The van der Waals surface area contributed by atoms with E-state index < -0.39 is 49.2 Å². The second-order valence-corrected chi connectivity index (χ2v) is 9.94. The van der Waals surface area contributed by atoms with E-state index in [0.29, 0.717) is 35.1 Å². The van der Waals surface area contributed by atoms with E-state index in [1.165, 1.54) is 0 Å². The smallest absolute Gasteiger partial charge is 0.228 e. The van der Waals surface area contributed by atoms with Crippen LogP contribution >= 0.6 is 0 Å². The van der Waals surface area contributed by atoms with Crippen LogP contribution in [0.4, 0.5) is 11.4 Å². The summed E-state index contributed by atoms with van der Waals surface area (Å²) in [6.45, 7) is 0.348. The molecule has 232 valence electrons. The molecule has 0 aliphatic carbocycles. The number of hydrogen-bond donors (Lipinski definition) is 6. The first kappa shape index (κ1) is 30.9. The molecule has 0 spiro atoms. The zero-order valence-electron chi connectivity index (χ0n) is 22.8. The number of rotatable bonds is 11. The van der Waals surface area contributed by atoms with Crippen molar-refractivity contribution in [3.05, 3.63) is 60.4 Å². The molecule has 3 heterocycles. The zero-order chi connectivity index (χ0) is 30.3. The van der Waals surface area contributed by atoms with Crippen LogP contribution < -0.4 is 9.47 Å². The molecule has 1 aromatic heterocycles. The predicted octanol–water partition coefficient (Wildman–Crippen LogP) is -0.454. The molecule has 3 aromatic rings. The second kappa shape index (κ2) is 14.3. The summed E-state index contributed by atoms with van der Waals surface area (Å²) < 4.78 is 28.7. The van der Waals surface area contributed by atoms with Crippen molar-refractivity contribution in [3.63, 3.8) is 0 Å². The lowest BCUT2D eigenvalue weighted by molar-refractivity contribution is -0.270. The number of benzene rings is 2. The Morgan fingerprint density at radius 2 is 1.30 bits per heavy atom. The van der Waals surface area contributed by atoms with Gasteiger partial charge in [0.05, 0.1) is 43.9 Å². The number of ether oxygens (including phenoxy) is 5. The summed E-state index contributed by atoms with van der Waals surface area (Å²) in [7, 11) is 0. The van der Waals surface area contributed by atoms with Gasteiger partial charge in [-0.25, -0.2) is 4.68 Å². The van der Waals surface area contributed by atoms with E-state index in [0.717, 1.165) is 0 Å². The highest BCUT2D eigenvalue weighted by Crippen LogP contribution is 2.25. The Balaban J connectivity index is 1.04. The van der Waals surface area contributed by atoms with Gasteiger partial charge in [-0.15, -0.1) is 5.10 Å². The molecule has 0 unspecified atom stereocenters. The summed E-state index contributed by atoms with van der Waals surface area (Å²) >= 11 is 0. The summed E-state index contributed by atoms with van der Waals surface area (Å²) in [5.74, 6) is 0.977. The van der Waals surface area contributed by atoms with Crippen molar-refractivity contribution in [3.8, 4) is 11.5 Å². The summed E-state index contributed by atoms with van der Waals surface area (Å²) in [6, 6.07) is 13.5. The van der Waals surface area contributed by atoms with Crippen LogP contribution in [0.25, 0.3) is 0 Å². The van der Waals surface area contributed by atoms with Gasteiger partial charge in [-0.1, -0.05) is 5.21 Å². The molecular formula is C27H33N5O11. The number of azo groups is 1. The highest BCUT2D eigenvalue weighted by molar-refractivity contribution is 5.44. The first-order valence-corrected chi connectivity index (χ1v) is 13.5. The van der Waals surface area contributed by atoms with E-state index in [4.69, 9.17) is 23.7 Å². The maximum Gasteiger partial charge on any atom is 0.228 e. The Hall–Kier alpha value is -3.58. The van der Waals surface area contributed by atoms with E-state index >= 15 is 0 Å². The Labute approximate surface area is 245 Å². The monoisotopic (exact) mass is 603 g/mol. The third-order valence-electron chi connectivity index (χ3n) is 6.69. The second-order valence-electron chi connectivity index (χ2n) is 9.94. The van der Waals surface area contributed by atoms with Crippen molar-refractivity contribution in [1.82, 2.24) is 15.0 Å². The zero-order valence-corrected chi connectivity index (χ0v) is 22.8. The Bertz CT molecular complexity index is 1330. The minimum atomic E-state index is -1.39. The van der Waals surface area contributed by atoms with Crippen molar-refractivity contribution in [2.24, 2.45) is 10.2 Å². The SMILES string of the molecule is O[C@@H]1[C@@H](OCCn2cc(COc3ccc(N=Nc4ccc(O[C@H]5OC[C@@H](O)[C@@H](O)[C@@H]5O)cc4)cc3)nn2)OC[C@@H](O)[C@H]1O. The van der Waals surface area contributed by atoms with Crippen LogP contribution in [0.5, 0.6) is 11.5 Å². The minimum Gasteiger partial charge on any atom is -0.487 e. The maximum absolute atomic E-state index is 10.00. The van der Waals surface area contributed by atoms with Crippen LogP contribution in [0.3, 0.4) is 0 Å². The molecule has 6 N–H and O–H groups in total. The molecule has 16 nitrogen and oxygen atoms in total. The standard InChI is InChI=1S/C27H33N5O11/c33-20-13-41-26(24(37)22(20)35)39-10-9-32-11-17(30-31-32)12-40-18-5-1-15(2-6-18)28-29-16-3-7-19(8-4-16)43-27-25(38)23(36)21(34)14-42-27/h1-8,11,20-27,33-38H,9-10,12-14H2/t20-,21-,22-,23-,24+,25+,26+,27-/m1/s1. The van der Waals surface area contributed by atoms with Crippen molar-refractivity contribution in [1.29, 1.82) is 0 Å². The van der Waals surface area contributed by atoms with E-state index in [-0.39, 0.29) is 26.4 Å². The van der Waals surface area contributed by atoms with Crippen LogP contribution in [0.15, 0.2) is 65.0 Å². The summed E-state index contributed by atoms with van der Waals surface area (Å²) in [4.78, 5) is 0. The number of aliphatic hydroxyl groups excluding tert-OH is 6. The molecule has 8 atom stereocenters. The van der Waals surface area contributed by atoms with E-state index in [1.807, 2.05) is 0 Å². The van der Waals surface area contributed by atoms with Crippen molar-refractivity contribution in [2.75, 3.05) is 19.8 Å². The van der Waals surface area contributed by atoms with Crippen LogP contribution in [-0.4, -0.2) is 115 Å². The highest BCUT2D eigenvalue weighted by atomic mass is 16.7. The van der Waals surface area contributed by atoms with Gasteiger partial charge in [0.1, 0.15) is 60.4 Å². The molecule has 2 fully saturated rings. The topological polar surface area (TPSA) is 223 Å². The summed E-state index contributed by atoms with van der Waals surface area (Å²) in [5.41, 5.74) is 1.74. The van der Waals surface area contributed by atoms with Gasteiger partial charge in [-0.2, -0.15) is 10.2 Å².